The van der Waals surface area contributed by atoms with Crippen molar-refractivity contribution in [2.75, 3.05) is 0 Å². The zero-order valence-corrected chi connectivity index (χ0v) is 13.4. The fourth-order valence-electron chi connectivity index (χ4n) is 2.81. The Balaban J connectivity index is 3.00. The van der Waals surface area contributed by atoms with Crippen molar-refractivity contribution in [2.45, 2.75) is 69.3 Å². The van der Waals surface area contributed by atoms with Crippen molar-refractivity contribution in [3.8, 4) is 0 Å². The zero-order chi connectivity index (χ0) is 14.0. The molecule has 0 aromatic rings. The summed E-state index contributed by atoms with van der Waals surface area (Å²) in [6.45, 7) is 8.33. The quantitative estimate of drug-likeness (QED) is 0.657. The van der Waals surface area contributed by atoms with E-state index in [1.165, 1.54) is 0 Å². The molecule has 6 heteroatoms. The molecule has 0 spiro atoms. The minimum absolute atomic E-state index is 0.164. The largest absolute Gasteiger partial charge is 0.343 e. The van der Waals surface area contributed by atoms with E-state index in [2.05, 4.69) is 19.2 Å². The Morgan fingerprint density at radius 1 is 1.22 bits per heavy atom. The molecular weight excluding hydrogens is 269 g/mol. The number of hydrogen-bond acceptors (Lipinski definition) is 3. The highest BCUT2D eigenvalue weighted by atomic mass is 32.2. The highest BCUT2D eigenvalue weighted by molar-refractivity contribution is 8.02. The average molecular weight is 295 g/mol. The van der Waals surface area contributed by atoms with Gasteiger partial charge < -0.3 is 9.79 Å². The molecule has 18 heavy (non-hydrogen) atoms. The van der Waals surface area contributed by atoms with Crippen LogP contribution in [0.3, 0.4) is 0 Å². The predicted octanol–water partition coefficient (Wildman–Crippen LogP) is 3.15. The summed E-state index contributed by atoms with van der Waals surface area (Å²) < 4.78 is 11.4. The van der Waals surface area contributed by atoms with Crippen molar-refractivity contribution in [3.05, 3.63) is 0 Å². The van der Waals surface area contributed by atoms with E-state index >= 15 is 0 Å². The highest BCUT2D eigenvalue weighted by Gasteiger charge is 2.54. The summed E-state index contributed by atoms with van der Waals surface area (Å²) in [7, 11) is -4.10. The molecule has 1 aliphatic heterocycles. The lowest BCUT2D eigenvalue weighted by Gasteiger charge is -2.32. The molecule has 1 aliphatic rings. The molecule has 0 aromatic carbocycles. The van der Waals surface area contributed by atoms with Crippen LogP contribution in [0.4, 0.5) is 0 Å². The number of rotatable bonds is 6. The molecule has 1 rings (SSSR count). The third-order valence-electron chi connectivity index (χ3n) is 4.19. The molecule has 1 heterocycles. The molecule has 1 fully saturated rings. The van der Waals surface area contributed by atoms with Gasteiger partial charge >= 0.3 is 7.60 Å². The maximum absolute atomic E-state index is 11.7. The van der Waals surface area contributed by atoms with Crippen molar-refractivity contribution in [3.63, 3.8) is 0 Å². The van der Waals surface area contributed by atoms with Gasteiger partial charge in [-0.2, -0.15) is 0 Å². The van der Waals surface area contributed by atoms with Crippen LogP contribution in [0.2, 0.25) is 0 Å². The molecule has 4 nitrogen and oxygen atoms in total. The standard InChI is InChI=1S/C12H26NO3PS/c1-5-9(6-2)10-13-11(17(14,15)16)12(7-3,8-4)18-10/h9-11,13H,5-8H2,1-4H3,(H2,14,15,16). The van der Waals surface area contributed by atoms with Gasteiger partial charge in [0.1, 0.15) is 5.78 Å². The van der Waals surface area contributed by atoms with E-state index in [0.29, 0.717) is 5.92 Å². The second-order valence-corrected chi connectivity index (χ2v) is 8.30. The SMILES string of the molecule is CCC(CC)C1NC(P(=O)(O)O)C(CC)(CC)S1. The van der Waals surface area contributed by atoms with Crippen LogP contribution in [0, 0.1) is 5.92 Å². The number of hydrogen-bond donors (Lipinski definition) is 3. The molecule has 0 bridgehead atoms. The van der Waals surface area contributed by atoms with E-state index in [0.717, 1.165) is 25.7 Å². The Bertz CT molecular complexity index is 312. The molecule has 3 N–H and O–H groups in total. The topological polar surface area (TPSA) is 69.6 Å². The lowest BCUT2D eigenvalue weighted by Crippen LogP contribution is -2.42. The highest BCUT2D eigenvalue weighted by Crippen LogP contribution is 2.58. The molecule has 1 saturated heterocycles. The Morgan fingerprint density at radius 3 is 2.00 bits per heavy atom. The molecule has 0 amide bonds. The molecule has 2 unspecified atom stereocenters. The van der Waals surface area contributed by atoms with Crippen molar-refractivity contribution in [1.82, 2.24) is 5.32 Å². The molecular formula is C12H26NO3PS. The van der Waals surface area contributed by atoms with Crippen LogP contribution in [0.1, 0.15) is 53.4 Å². The van der Waals surface area contributed by atoms with Gasteiger partial charge in [0, 0.05) is 4.75 Å². The van der Waals surface area contributed by atoms with Crippen LogP contribution in [0.25, 0.3) is 0 Å². The molecule has 0 aliphatic carbocycles. The van der Waals surface area contributed by atoms with E-state index in [9.17, 15) is 14.4 Å². The van der Waals surface area contributed by atoms with Gasteiger partial charge in [0.2, 0.25) is 0 Å². The minimum atomic E-state index is -4.10. The molecule has 0 saturated carbocycles. The van der Waals surface area contributed by atoms with Gasteiger partial charge in [-0.1, -0.05) is 40.5 Å². The molecule has 108 valence electrons. The Morgan fingerprint density at radius 2 is 1.72 bits per heavy atom. The molecule has 0 radical (unpaired) electrons. The first-order chi connectivity index (χ1) is 8.34. The van der Waals surface area contributed by atoms with Gasteiger partial charge in [0.25, 0.3) is 0 Å². The summed E-state index contributed by atoms with van der Waals surface area (Å²) in [5.41, 5.74) is 0. The summed E-state index contributed by atoms with van der Waals surface area (Å²) in [6.07, 6.45) is 3.65. The number of nitrogens with one attached hydrogen (secondary N) is 1. The van der Waals surface area contributed by atoms with Gasteiger partial charge in [-0.05, 0) is 18.8 Å². The summed E-state index contributed by atoms with van der Waals surface area (Å²) in [4.78, 5) is 19.2. The third-order valence-corrected chi connectivity index (χ3v) is 7.74. The van der Waals surface area contributed by atoms with E-state index in [1.807, 2.05) is 13.8 Å². The third kappa shape index (κ3) is 3.13. The first kappa shape index (κ1) is 16.5. The lowest BCUT2D eigenvalue weighted by molar-refractivity contribution is 0.315. The van der Waals surface area contributed by atoms with Crippen LogP contribution >= 0.6 is 19.4 Å². The van der Waals surface area contributed by atoms with Crippen LogP contribution in [0.15, 0.2) is 0 Å². The summed E-state index contributed by atoms with van der Waals surface area (Å²) in [6, 6.07) is 0. The molecule has 0 aromatic heterocycles. The van der Waals surface area contributed by atoms with Gasteiger partial charge in [-0.25, -0.2) is 0 Å². The fourth-order valence-corrected chi connectivity index (χ4v) is 6.66. The van der Waals surface area contributed by atoms with E-state index in [4.69, 9.17) is 0 Å². The van der Waals surface area contributed by atoms with Crippen LogP contribution < -0.4 is 5.32 Å². The zero-order valence-electron chi connectivity index (χ0n) is 11.7. The lowest BCUT2D eigenvalue weighted by atomic mass is 10.0. The monoisotopic (exact) mass is 295 g/mol. The van der Waals surface area contributed by atoms with Gasteiger partial charge in [-0.3, -0.25) is 9.88 Å². The molecule has 2 atom stereocenters. The van der Waals surface area contributed by atoms with Gasteiger partial charge in [0.05, 0.1) is 5.37 Å². The second-order valence-electron chi connectivity index (χ2n) is 5.05. The maximum atomic E-state index is 11.7. The predicted molar refractivity (Wildman–Crippen MR) is 77.7 cm³/mol. The Kier molecular flexibility index (Phi) is 5.76. The first-order valence-electron chi connectivity index (χ1n) is 6.83. The fraction of sp³-hybridized carbons (Fsp3) is 1.00. The normalized spacial score (nSPS) is 27.9. The average Bonchev–Trinajstić information content (AvgIpc) is 2.71. The van der Waals surface area contributed by atoms with Crippen molar-refractivity contribution >= 4 is 19.4 Å². The second kappa shape index (κ2) is 6.27. The number of thioether (sulfide) groups is 1. The summed E-state index contributed by atoms with van der Waals surface area (Å²) >= 11 is 1.75. The van der Waals surface area contributed by atoms with Crippen molar-refractivity contribution in [1.29, 1.82) is 0 Å². The van der Waals surface area contributed by atoms with Crippen LogP contribution in [-0.2, 0) is 4.57 Å². The van der Waals surface area contributed by atoms with E-state index in [-0.39, 0.29) is 10.1 Å². The Hall–Kier alpha value is 0.460. The van der Waals surface area contributed by atoms with Gasteiger partial charge in [0.15, 0.2) is 0 Å². The summed E-state index contributed by atoms with van der Waals surface area (Å²) in [5.74, 6) is -0.223. The van der Waals surface area contributed by atoms with Gasteiger partial charge in [-0.15, -0.1) is 11.8 Å². The van der Waals surface area contributed by atoms with Crippen molar-refractivity contribution in [2.24, 2.45) is 5.92 Å². The maximum Gasteiger partial charge on any atom is 0.343 e. The first-order valence-corrected chi connectivity index (χ1v) is 9.39. The summed E-state index contributed by atoms with van der Waals surface area (Å²) in [5, 5.41) is 3.39. The van der Waals surface area contributed by atoms with Crippen LogP contribution in [0.5, 0.6) is 0 Å². The minimum Gasteiger partial charge on any atom is -0.323 e. The van der Waals surface area contributed by atoms with E-state index < -0.39 is 13.4 Å². The Labute approximate surface area is 114 Å². The van der Waals surface area contributed by atoms with Crippen molar-refractivity contribution < 1.29 is 14.4 Å². The smallest absolute Gasteiger partial charge is 0.323 e. The van der Waals surface area contributed by atoms with E-state index in [1.54, 1.807) is 11.8 Å². The van der Waals surface area contributed by atoms with Crippen LogP contribution in [-0.4, -0.2) is 25.7 Å².